The van der Waals surface area contributed by atoms with Crippen LogP contribution in [0.3, 0.4) is 0 Å². The van der Waals surface area contributed by atoms with E-state index in [2.05, 4.69) is 15.0 Å². The van der Waals surface area contributed by atoms with Crippen molar-refractivity contribution in [3.05, 3.63) is 23.5 Å². The SMILES string of the molecule is COC(=O)c1ccc(CNCC2CCCCC2CO)[nH]1. The molecule has 1 aromatic rings. The van der Waals surface area contributed by atoms with Gasteiger partial charge in [0.15, 0.2) is 0 Å². The molecule has 2 atom stereocenters. The summed E-state index contributed by atoms with van der Waals surface area (Å²) in [6.07, 6.45) is 4.83. The van der Waals surface area contributed by atoms with Crippen LogP contribution in [0.1, 0.15) is 41.9 Å². The lowest BCUT2D eigenvalue weighted by Gasteiger charge is -2.30. The molecule has 1 saturated carbocycles. The number of H-pyrrole nitrogens is 1. The Morgan fingerprint density at radius 2 is 2.15 bits per heavy atom. The molecule has 2 unspecified atom stereocenters. The summed E-state index contributed by atoms with van der Waals surface area (Å²) in [5.74, 6) is 0.651. The van der Waals surface area contributed by atoms with E-state index in [0.29, 0.717) is 30.7 Å². The maximum atomic E-state index is 11.3. The Morgan fingerprint density at radius 1 is 1.40 bits per heavy atom. The van der Waals surface area contributed by atoms with Gasteiger partial charge in [-0.25, -0.2) is 4.79 Å². The minimum absolute atomic E-state index is 0.293. The molecule has 1 aromatic heterocycles. The number of hydrogen-bond acceptors (Lipinski definition) is 4. The Balaban J connectivity index is 1.77. The molecule has 0 amide bonds. The second-order valence-electron chi connectivity index (χ2n) is 5.51. The van der Waals surface area contributed by atoms with Crippen molar-refractivity contribution in [3.63, 3.8) is 0 Å². The average molecular weight is 280 g/mol. The van der Waals surface area contributed by atoms with E-state index in [-0.39, 0.29) is 5.97 Å². The first-order valence-electron chi connectivity index (χ1n) is 7.32. The van der Waals surface area contributed by atoms with Gasteiger partial charge in [-0.3, -0.25) is 0 Å². The fraction of sp³-hybridized carbons (Fsp3) is 0.667. The van der Waals surface area contributed by atoms with Crippen molar-refractivity contribution in [1.82, 2.24) is 10.3 Å². The van der Waals surface area contributed by atoms with Crippen LogP contribution >= 0.6 is 0 Å². The fourth-order valence-corrected chi connectivity index (χ4v) is 2.96. The Labute approximate surface area is 119 Å². The molecule has 0 radical (unpaired) electrons. The summed E-state index contributed by atoms with van der Waals surface area (Å²) in [6, 6.07) is 3.63. The van der Waals surface area contributed by atoms with E-state index >= 15 is 0 Å². The van der Waals surface area contributed by atoms with Crippen LogP contribution in [0.15, 0.2) is 12.1 Å². The van der Waals surface area contributed by atoms with Gasteiger partial charge in [-0.15, -0.1) is 0 Å². The number of carbonyl (C=O) groups is 1. The first-order chi connectivity index (χ1) is 9.74. The highest BCUT2D eigenvalue weighted by molar-refractivity contribution is 5.87. The molecular formula is C15H24N2O3. The van der Waals surface area contributed by atoms with Crippen LogP contribution in [0.2, 0.25) is 0 Å². The van der Waals surface area contributed by atoms with Gasteiger partial charge < -0.3 is 20.1 Å². The van der Waals surface area contributed by atoms with Gasteiger partial charge in [0.05, 0.1) is 7.11 Å². The molecule has 5 heteroatoms. The van der Waals surface area contributed by atoms with E-state index in [1.165, 1.54) is 26.4 Å². The van der Waals surface area contributed by atoms with Crippen molar-refractivity contribution in [2.24, 2.45) is 11.8 Å². The highest BCUT2D eigenvalue weighted by Gasteiger charge is 2.23. The predicted octanol–water partition coefficient (Wildman–Crippen LogP) is 1.69. The highest BCUT2D eigenvalue weighted by Crippen LogP contribution is 2.29. The Bertz CT molecular complexity index is 431. The van der Waals surface area contributed by atoms with E-state index in [9.17, 15) is 9.90 Å². The number of aromatic nitrogens is 1. The highest BCUT2D eigenvalue weighted by atomic mass is 16.5. The number of carbonyl (C=O) groups excluding carboxylic acids is 1. The second kappa shape index (κ2) is 7.45. The summed E-state index contributed by atoms with van der Waals surface area (Å²) in [7, 11) is 1.37. The van der Waals surface area contributed by atoms with E-state index in [0.717, 1.165) is 18.7 Å². The largest absolute Gasteiger partial charge is 0.464 e. The Kier molecular flexibility index (Phi) is 5.61. The van der Waals surface area contributed by atoms with E-state index in [1.807, 2.05) is 6.07 Å². The van der Waals surface area contributed by atoms with Crippen molar-refractivity contribution in [2.75, 3.05) is 20.3 Å². The maximum Gasteiger partial charge on any atom is 0.354 e. The normalized spacial score (nSPS) is 22.7. The minimum Gasteiger partial charge on any atom is -0.464 e. The van der Waals surface area contributed by atoms with Gasteiger partial charge in [-0.05, 0) is 43.4 Å². The number of aromatic amines is 1. The smallest absolute Gasteiger partial charge is 0.354 e. The number of esters is 1. The quantitative estimate of drug-likeness (QED) is 0.693. The van der Waals surface area contributed by atoms with Gasteiger partial charge in [-0.2, -0.15) is 0 Å². The standard InChI is InChI=1S/C15H24N2O3/c1-20-15(19)14-7-6-13(17-14)9-16-8-11-4-2-3-5-12(11)10-18/h6-7,11-12,16-18H,2-5,8-10H2,1H3. The van der Waals surface area contributed by atoms with Gasteiger partial charge in [-0.1, -0.05) is 12.8 Å². The summed E-state index contributed by atoms with van der Waals surface area (Å²) in [6.45, 7) is 1.91. The molecule has 1 aliphatic carbocycles. The fourth-order valence-electron chi connectivity index (χ4n) is 2.96. The molecule has 0 spiro atoms. The number of hydrogen-bond donors (Lipinski definition) is 3. The summed E-state index contributed by atoms with van der Waals surface area (Å²) in [5.41, 5.74) is 1.46. The summed E-state index contributed by atoms with van der Waals surface area (Å²) in [5, 5.41) is 12.8. The molecule has 0 aromatic carbocycles. The van der Waals surface area contributed by atoms with Crippen LogP contribution in [-0.2, 0) is 11.3 Å². The van der Waals surface area contributed by atoms with Crippen LogP contribution in [0, 0.1) is 11.8 Å². The molecule has 0 aliphatic heterocycles. The third-order valence-electron chi connectivity index (χ3n) is 4.17. The molecule has 0 bridgehead atoms. The average Bonchev–Trinajstić information content (AvgIpc) is 2.96. The summed E-state index contributed by atoms with van der Waals surface area (Å²) in [4.78, 5) is 14.4. The molecule has 5 nitrogen and oxygen atoms in total. The van der Waals surface area contributed by atoms with E-state index in [4.69, 9.17) is 0 Å². The molecule has 2 rings (SSSR count). The van der Waals surface area contributed by atoms with Gasteiger partial charge in [0.25, 0.3) is 0 Å². The number of nitrogens with one attached hydrogen (secondary N) is 2. The Hall–Kier alpha value is -1.33. The number of methoxy groups -OCH3 is 1. The van der Waals surface area contributed by atoms with Crippen molar-refractivity contribution in [1.29, 1.82) is 0 Å². The number of rotatable bonds is 6. The molecule has 0 saturated heterocycles. The van der Waals surface area contributed by atoms with Crippen LogP contribution in [-0.4, -0.2) is 36.3 Å². The molecule has 3 N–H and O–H groups in total. The number of aliphatic hydroxyl groups is 1. The van der Waals surface area contributed by atoms with Gasteiger partial charge in [0.1, 0.15) is 5.69 Å². The van der Waals surface area contributed by atoms with E-state index < -0.39 is 0 Å². The first kappa shape index (κ1) is 15.1. The molecule has 20 heavy (non-hydrogen) atoms. The van der Waals surface area contributed by atoms with E-state index in [1.54, 1.807) is 6.07 Å². The lowest BCUT2D eigenvalue weighted by atomic mass is 9.79. The van der Waals surface area contributed by atoms with Gasteiger partial charge in [0.2, 0.25) is 0 Å². The van der Waals surface area contributed by atoms with Crippen LogP contribution < -0.4 is 5.32 Å². The van der Waals surface area contributed by atoms with Crippen molar-refractivity contribution in [3.8, 4) is 0 Å². The zero-order chi connectivity index (χ0) is 14.4. The van der Waals surface area contributed by atoms with Gasteiger partial charge in [0, 0.05) is 18.8 Å². The zero-order valence-electron chi connectivity index (χ0n) is 12.0. The molecule has 1 heterocycles. The monoisotopic (exact) mass is 280 g/mol. The second-order valence-corrected chi connectivity index (χ2v) is 5.51. The van der Waals surface area contributed by atoms with Crippen molar-refractivity contribution >= 4 is 5.97 Å². The summed E-state index contributed by atoms with van der Waals surface area (Å²) < 4.78 is 4.66. The van der Waals surface area contributed by atoms with Crippen molar-refractivity contribution < 1.29 is 14.6 Å². The van der Waals surface area contributed by atoms with Crippen LogP contribution in [0.4, 0.5) is 0 Å². The topological polar surface area (TPSA) is 74.3 Å². The molecule has 1 aliphatic rings. The predicted molar refractivity (Wildman–Crippen MR) is 76.4 cm³/mol. The van der Waals surface area contributed by atoms with Crippen LogP contribution in [0.25, 0.3) is 0 Å². The van der Waals surface area contributed by atoms with Crippen LogP contribution in [0.5, 0.6) is 0 Å². The lowest BCUT2D eigenvalue weighted by Crippen LogP contribution is -2.32. The molecule has 1 fully saturated rings. The third kappa shape index (κ3) is 3.84. The molecule has 112 valence electrons. The molecular weight excluding hydrogens is 256 g/mol. The summed E-state index contributed by atoms with van der Waals surface area (Å²) >= 11 is 0. The van der Waals surface area contributed by atoms with Gasteiger partial charge >= 0.3 is 5.97 Å². The minimum atomic E-state index is -0.344. The van der Waals surface area contributed by atoms with Crippen molar-refractivity contribution in [2.45, 2.75) is 32.2 Å². The third-order valence-corrected chi connectivity index (χ3v) is 4.17. The Morgan fingerprint density at radius 3 is 2.85 bits per heavy atom. The zero-order valence-corrected chi connectivity index (χ0v) is 12.0. The maximum absolute atomic E-state index is 11.3. The lowest BCUT2D eigenvalue weighted by molar-refractivity contribution is 0.0594. The first-order valence-corrected chi connectivity index (χ1v) is 7.32. The number of ether oxygens (including phenoxy) is 1. The number of aliphatic hydroxyl groups excluding tert-OH is 1.